The largest absolute Gasteiger partial charge is 0.385 e. The summed E-state index contributed by atoms with van der Waals surface area (Å²) >= 11 is 1.98. The number of amides is 1. The molecule has 3 atom stereocenters. The first-order valence-electron chi connectivity index (χ1n) is 11.6. The fourth-order valence-electron chi connectivity index (χ4n) is 5.86. The molecule has 0 aromatic rings. The Hall–Kier alpha value is -0.520. The summed E-state index contributed by atoms with van der Waals surface area (Å²) in [6, 6.07) is 0.549. The van der Waals surface area contributed by atoms with E-state index in [0.717, 1.165) is 37.8 Å². The summed E-state index contributed by atoms with van der Waals surface area (Å²) in [6.45, 7) is 5.42. The molecular formula is C23H38N2O2S. The minimum absolute atomic E-state index is 0.139. The molecule has 4 aliphatic rings. The van der Waals surface area contributed by atoms with Crippen molar-refractivity contribution in [3.05, 3.63) is 11.0 Å². The maximum atomic E-state index is 13.3. The molecule has 0 aromatic heterocycles. The Bertz CT molecular complexity index is 557. The molecule has 5 heteroatoms. The van der Waals surface area contributed by atoms with Gasteiger partial charge in [0.25, 0.3) is 0 Å². The zero-order chi connectivity index (χ0) is 19.3. The molecule has 4 nitrogen and oxygen atoms in total. The second-order valence-corrected chi connectivity index (χ2v) is 10.3. The number of fused-ring (bicyclic) bond motifs is 1. The van der Waals surface area contributed by atoms with E-state index in [-0.39, 0.29) is 5.92 Å². The maximum Gasteiger partial charge on any atom is 0.230 e. The van der Waals surface area contributed by atoms with Crippen LogP contribution in [0.3, 0.4) is 0 Å². The molecular weight excluding hydrogens is 368 g/mol. The van der Waals surface area contributed by atoms with Crippen LogP contribution in [0.4, 0.5) is 0 Å². The Kier molecular flexibility index (Phi) is 7.40. The number of thioether (sulfide) groups is 1. The van der Waals surface area contributed by atoms with E-state index < -0.39 is 0 Å². The molecule has 3 aliphatic heterocycles. The van der Waals surface area contributed by atoms with Crippen LogP contribution in [0, 0.1) is 17.8 Å². The third kappa shape index (κ3) is 4.79. The van der Waals surface area contributed by atoms with Crippen LogP contribution >= 0.6 is 11.8 Å². The average Bonchev–Trinajstić information content (AvgIpc) is 3.24. The van der Waals surface area contributed by atoms with E-state index in [4.69, 9.17) is 4.74 Å². The van der Waals surface area contributed by atoms with Gasteiger partial charge >= 0.3 is 0 Å². The first-order chi connectivity index (χ1) is 13.8. The lowest BCUT2D eigenvalue weighted by molar-refractivity contribution is -0.139. The lowest BCUT2D eigenvalue weighted by Gasteiger charge is -2.44. The van der Waals surface area contributed by atoms with Crippen molar-refractivity contribution in [2.24, 2.45) is 17.8 Å². The Morgan fingerprint density at radius 2 is 1.89 bits per heavy atom. The average molecular weight is 407 g/mol. The Morgan fingerprint density at radius 3 is 2.71 bits per heavy atom. The number of hydrogen-bond donors (Lipinski definition) is 0. The summed E-state index contributed by atoms with van der Waals surface area (Å²) in [5.74, 6) is 3.03. The standard InChI is InChI=1S/C23H38N2O2S/c1-27-15-5-11-24-13-9-19(10-14-24)22-16-20(17-28-22)23(26)25-12-4-7-18-6-2-3-8-21(18)25/h16,18-21H,2-15,17H2,1H3. The van der Waals surface area contributed by atoms with Crippen molar-refractivity contribution < 1.29 is 9.53 Å². The van der Waals surface area contributed by atoms with E-state index in [1.54, 1.807) is 7.11 Å². The van der Waals surface area contributed by atoms with Gasteiger partial charge in [0.15, 0.2) is 0 Å². The first kappa shape index (κ1) is 20.7. The van der Waals surface area contributed by atoms with Crippen LogP contribution in [-0.4, -0.2) is 67.4 Å². The van der Waals surface area contributed by atoms with E-state index in [1.165, 1.54) is 69.4 Å². The summed E-state index contributed by atoms with van der Waals surface area (Å²) in [4.78, 5) is 19.7. The maximum absolute atomic E-state index is 13.3. The van der Waals surface area contributed by atoms with Gasteiger partial charge in [-0.25, -0.2) is 0 Å². The monoisotopic (exact) mass is 406 g/mol. The summed E-state index contributed by atoms with van der Waals surface area (Å²) in [5.41, 5.74) is 0. The fraction of sp³-hybridized carbons (Fsp3) is 0.870. The van der Waals surface area contributed by atoms with Gasteiger partial charge in [-0.05, 0) is 74.8 Å². The van der Waals surface area contributed by atoms with Crippen LogP contribution < -0.4 is 0 Å². The van der Waals surface area contributed by atoms with Crippen LogP contribution in [-0.2, 0) is 9.53 Å². The zero-order valence-electron chi connectivity index (χ0n) is 17.6. The summed E-state index contributed by atoms with van der Waals surface area (Å²) in [7, 11) is 1.78. The molecule has 2 saturated heterocycles. The SMILES string of the molecule is COCCCN1CCC(C2=CC(C(=O)N3CCCC4CCCCC43)CS2)CC1. The lowest BCUT2D eigenvalue weighted by atomic mass is 9.78. The minimum Gasteiger partial charge on any atom is -0.385 e. The molecule has 3 unspecified atom stereocenters. The van der Waals surface area contributed by atoms with E-state index in [2.05, 4.69) is 15.9 Å². The van der Waals surface area contributed by atoms with E-state index in [9.17, 15) is 4.79 Å². The van der Waals surface area contributed by atoms with Crippen molar-refractivity contribution in [3.63, 3.8) is 0 Å². The van der Waals surface area contributed by atoms with Gasteiger partial charge in [-0.3, -0.25) is 4.79 Å². The van der Waals surface area contributed by atoms with E-state index >= 15 is 0 Å². The third-order valence-electron chi connectivity index (χ3n) is 7.45. The summed E-state index contributed by atoms with van der Waals surface area (Å²) in [5, 5.41) is 0. The molecule has 158 valence electrons. The fourth-order valence-corrected chi connectivity index (χ4v) is 7.20. The van der Waals surface area contributed by atoms with E-state index in [0.29, 0.717) is 17.9 Å². The topological polar surface area (TPSA) is 32.8 Å². The van der Waals surface area contributed by atoms with Crippen molar-refractivity contribution in [1.82, 2.24) is 9.80 Å². The molecule has 3 fully saturated rings. The first-order valence-corrected chi connectivity index (χ1v) is 12.6. The van der Waals surface area contributed by atoms with Gasteiger partial charge in [0.1, 0.15) is 0 Å². The number of carbonyl (C=O) groups is 1. The second kappa shape index (κ2) is 9.99. The van der Waals surface area contributed by atoms with E-state index in [1.807, 2.05) is 11.8 Å². The third-order valence-corrected chi connectivity index (χ3v) is 8.78. The Labute approximate surface area is 175 Å². The number of rotatable bonds is 6. The van der Waals surface area contributed by atoms with Gasteiger partial charge < -0.3 is 14.5 Å². The number of piperidine rings is 2. The van der Waals surface area contributed by atoms with Crippen LogP contribution in [0.1, 0.15) is 57.8 Å². The predicted octanol–water partition coefficient (Wildman–Crippen LogP) is 4.16. The summed E-state index contributed by atoms with van der Waals surface area (Å²) in [6.07, 6.45) is 13.8. The quantitative estimate of drug-likeness (QED) is 0.620. The lowest BCUT2D eigenvalue weighted by Crippen LogP contribution is -2.51. The second-order valence-electron chi connectivity index (χ2n) is 9.23. The van der Waals surface area contributed by atoms with Gasteiger partial charge in [-0.1, -0.05) is 18.9 Å². The molecule has 0 spiro atoms. The highest BCUT2D eigenvalue weighted by atomic mass is 32.2. The summed E-state index contributed by atoms with van der Waals surface area (Å²) < 4.78 is 5.18. The number of nitrogens with zero attached hydrogens (tertiary/aromatic N) is 2. The van der Waals surface area contributed by atoms with Crippen LogP contribution in [0.2, 0.25) is 0 Å². The van der Waals surface area contributed by atoms with Crippen molar-refractivity contribution in [2.45, 2.75) is 63.8 Å². The Morgan fingerprint density at radius 1 is 1.11 bits per heavy atom. The number of hydrogen-bond acceptors (Lipinski definition) is 4. The minimum atomic E-state index is 0.139. The smallest absolute Gasteiger partial charge is 0.230 e. The van der Waals surface area contributed by atoms with Gasteiger partial charge in [-0.2, -0.15) is 0 Å². The molecule has 1 aliphatic carbocycles. The predicted molar refractivity (Wildman–Crippen MR) is 116 cm³/mol. The normalized spacial score (nSPS) is 32.2. The van der Waals surface area contributed by atoms with Crippen LogP contribution in [0.5, 0.6) is 0 Å². The Balaban J connectivity index is 1.30. The number of likely N-dealkylation sites (tertiary alicyclic amines) is 2. The molecule has 0 bridgehead atoms. The van der Waals surface area contributed by atoms with Crippen LogP contribution in [0.25, 0.3) is 0 Å². The molecule has 0 radical (unpaired) electrons. The van der Waals surface area contributed by atoms with Gasteiger partial charge in [0.2, 0.25) is 5.91 Å². The van der Waals surface area contributed by atoms with Gasteiger partial charge in [0.05, 0.1) is 5.92 Å². The van der Waals surface area contributed by atoms with Gasteiger partial charge in [0, 0.05) is 38.6 Å². The zero-order valence-corrected chi connectivity index (χ0v) is 18.4. The molecule has 4 rings (SSSR count). The van der Waals surface area contributed by atoms with Crippen molar-refractivity contribution in [3.8, 4) is 0 Å². The molecule has 1 saturated carbocycles. The number of ether oxygens (including phenoxy) is 1. The van der Waals surface area contributed by atoms with Crippen LogP contribution in [0.15, 0.2) is 11.0 Å². The molecule has 1 amide bonds. The number of carbonyl (C=O) groups excluding carboxylic acids is 1. The van der Waals surface area contributed by atoms with Crippen molar-refractivity contribution in [1.29, 1.82) is 0 Å². The molecule has 28 heavy (non-hydrogen) atoms. The van der Waals surface area contributed by atoms with Crippen molar-refractivity contribution in [2.75, 3.05) is 45.6 Å². The van der Waals surface area contributed by atoms with Gasteiger partial charge in [-0.15, -0.1) is 11.8 Å². The molecule has 0 aromatic carbocycles. The highest BCUT2D eigenvalue weighted by Gasteiger charge is 2.39. The van der Waals surface area contributed by atoms with Crippen molar-refractivity contribution >= 4 is 17.7 Å². The highest BCUT2D eigenvalue weighted by Crippen LogP contribution is 2.41. The molecule has 0 N–H and O–H groups in total. The highest BCUT2D eigenvalue weighted by molar-refractivity contribution is 8.03. The number of allylic oxidation sites excluding steroid dienone is 1. The number of methoxy groups -OCH3 is 1. The molecule has 3 heterocycles.